The summed E-state index contributed by atoms with van der Waals surface area (Å²) in [6.45, 7) is 3.67. The molecule has 2 aromatic rings. The Hall–Kier alpha value is -2.43. The van der Waals surface area contributed by atoms with Crippen molar-refractivity contribution in [3.05, 3.63) is 54.4 Å². The van der Waals surface area contributed by atoms with Crippen LogP contribution in [0.4, 0.5) is 5.95 Å². The van der Waals surface area contributed by atoms with Crippen molar-refractivity contribution >= 4 is 11.9 Å². The molecule has 120 valence electrons. The van der Waals surface area contributed by atoms with Gasteiger partial charge in [0.15, 0.2) is 0 Å². The van der Waals surface area contributed by atoms with Crippen molar-refractivity contribution in [2.24, 2.45) is 5.92 Å². The molecule has 1 aromatic carbocycles. The van der Waals surface area contributed by atoms with Crippen molar-refractivity contribution in [2.45, 2.75) is 25.8 Å². The molecular formula is C18H22N4O. The highest BCUT2D eigenvalue weighted by Gasteiger charge is 2.26. The van der Waals surface area contributed by atoms with Crippen LogP contribution in [0.15, 0.2) is 48.8 Å². The quantitative estimate of drug-likeness (QED) is 0.943. The fourth-order valence-electron chi connectivity index (χ4n) is 2.95. The molecule has 3 rings (SSSR count). The molecule has 1 fully saturated rings. The maximum Gasteiger partial charge on any atom is 0.225 e. The zero-order chi connectivity index (χ0) is 16.1. The Bertz CT molecular complexity index is 624. The first-order valence-corrected chi connectivity index (χ1v) is 8.11. The second-order valence-corrected chi connectivity index (χ2v) is 5.95. The highest BCUT2D eigenvalue weighted by Crippen LogP contribution is 2.21. The summed E-state index contributed by atoms with van der Waals surface area (Å²) in [5.41, 5.74) is 1.14. The summed E-state index contributed by atoms with van der Waals surface area (Å²) >= 11 is 0. The largest absolute Gasteiger partial charge is 0.349 e. The number of amides is 1. The van der Waals surface area contributed by atoms with E-state index in [9.17, 15) is 4.79 Å². The Kier molecular flexibility index (Phi) is 4.86. The number of piperidine rings is 1. The number of hydrogen-bond acceptors (Lipinski definition) is 4. The van der Waals surface area contributed by atoms with Gasteiger partial charge in [-0.1, -0.05) is 30.3 Å². The van der Waals surface area contributed by atoms with Crippen LogP contribution in [0.25, 0.3) is 0 Å². The fourth-order valence-corrected chi connectivity index (χ4v) is 2.95. The van der Waals surface area contributed by atoms with Gasteiger partial charge >= 0.3 is 0 Å². The van der Waals surface area contributed by atoms with Gasteiger partial charge in [0, 0.05) is 31.4 Å². The number of anilines is 1. The minimum Gasteiger partial charge on any atom is -0.349 e. The number of carbonyl (C=O) groups is 1. The molecule has 2 heterocycles. The monoisotopic (exact) mass is 310 g/mol. The molecule has 0 saturated carbocycles. The highest BCUT2D eigenvalue weighted by molar-refractivity contribution is 5.79. The van der Waals surface area contributed by atoms with Crippen LogP contribution in [-0.4, -0.2) is 29.0 Å². The number of nitrogens with zero attached hydrogens (tertiary/aromatic N) is 3. The zero-order valence-corrected chi connectivity index (χ0v) is 13.4. The lowest BCUT2D eigenvalue weighted by Gasteiger charge is -2.31. The van der Waals surface area contributed by atoms with Gasteiger partial charge in [-0.05, 0) is 31.4 Å². The van der Waals surface area contributed by atoms with Crippen molar-refractivity contribution in [1.29, 1.82) is 0 Å². The van der Waals surface area contributed by atoms with Gasteiger partial charge in [-0.3, -0.25) is 4.79 Å². The molecule has 23 heavy (non-hydrogen) atoms. The highest BCUT2D eigenvalue weighted by atomic mass is 16.1. The molecule has 1 aliphatic heterocycles. The Labute approximate surface area is 136 Å². The molecule has 1 saturated heterocycles. The van der Waals surface area contributed by atoms with Gasteiger partial charge < -0.3 is 10.2 Å². The first kappa shape index (κ1) is 15.5. The van der Waals surface area contributed by atoms with Gasteiger partial charge in [-0.15, -0.1) is 0 Å². The van der Waals surface area contributed by atoms with Crippen molar-refractivity contribution in [3.8, 4) is 0 Å². The Balaban J connectivity index is 1.52. The standard InChI is InChI=1S/C18H22N4O/c1-14(15-6-3-2-4-7-15)21-17(23)16-8-12-22(13-9-16)18-19-10-5-11-20-18/h2-7,10-11,14,16H,8-9,12-13H2,1H3,(H,21,23)/t14-/m0/s1. The van der Waals surface area contributed by atoms with Crippen molar-refractivity contribution in [3.63, 3.8) is 0 Å². The predicted octanol–water partition coefficient (Wildman–Crippen LogP) is 2.57. The third-order valence-corrected chi connectivity index (χ3v) is 4.36. The second-order valence-electron chi connectivity index (χ2n) is 5.95. The van der Waals surface area contributed by atoms with E-state index < -0.39 is 0 Å². The average molecular weight is 310 g/mol. The molecule has 1 atom stereocenters. The summed E-state index contributed by atoms with van der Waals surface area (Å²) in [5.74, 6) is 0.972. The molecule has 1 aromatic heterocycles. The van der Waals surface area contributed by atoms with Gasteiger partial charge in [-0.25, -0.2) is 9.97 Å². The maximum atomic E-state index is 12.5. The van der Waals surface area contributed by atoms with Crippen LogP contribution in [0.3, 0.4) is 0 Å². The Morgan fingerprint density at radius 2 is 1.78 bits per heavy atom. The molecule has 0 unspecified atom stereocenters. The topological polar surface area (TPSA) is 58.1 Å². The Morgan fingerprint density at radius 3 is 2.43 bits per heavy atom. The van der Waals surface area contributed by atoms with E-state index in [4.69, 9.17) is 0 Å². The lowest BCUT2D eigenvalue weighted by Crippen LogP contribution is -2.41. The van der Waals surface area contributed by atoms with E-state index in [1.165, 1.54) is 0 Å². The lowest BCUT2D eigenvalue weighted by molar-refractivity contribution is -0.126. The van der Waals surface area contributed by atoms with Crippen LogP contribution in [-0.2, 0) is 4.79 Å². The summed E-state index contributed by atoms with van der Waals surface area (Å²) in [4.78, 5) is 23.2. The van der Waals surface area contributed by atoms with E-state index >= 15 is 0 Å². The molecule has 1 amide bonds. The van der Waals surface area contributed by atoms with Crippen molar-refractivity contribution < 1.29 is 4.79 Å². The van der Waals surface area contributed by atoms with E-state index in [0.717, 1.165) is 37.4 Å². The van der Waals surface area contributed by atoms with Crippen LogP contribution >= 0.6 is 0 Å². The van der Waals surface area contributed by atoms with E-state index in [0.29, 0.717) is 0 Å². The Morgan fingerprint density at radius 1 is 1.13 bits per heavy atom. The van der Waals surface area contributed by atoms with Gasteiger partial charge in [0.25, 0.3) is 0 Å². The third-order valence-electron chi connectivity index (χ3n) is 4.36. The normalized spacial score (nSPS) is 16.8. The van der Waals surface area contributed by atoms with Crippen LogP contribution in [0.2, 0.25) is 0 Å². The number of aromatic nitrogens is 2. The number of benzene rings is 1. The molecule has 5 nitrogen and oxygen atoms in total. The number of carbonyl (C=O) groups excluding carboxylic acids is 1. The van der Waals surface area contributed by atoms with Crippen LogP contribution in [0.1, 0.15) is 31.4 Å². The smallest absolute Gasteiger partial charge is 0.225 e. The third kappa shape index (κ3) is 3.86. The summed E-state index contributed by atoms with van der Waals surface area (Å²) in [5, 5.41) is 3.13. The van der Waals surface area contributed by atoms with Crippen molar-refractivity contribution in [2.75, 3.05) is 18.0 Å². The minimum atomic E-state index is 0.0409. The van der Waals surface area contributed by atoms with Crippen LogP contribution in [0.5, 0.6) is 0 Å². The molecule has 1 N–H and O–H groups in total. The zero-order valence-electron chi connectivity index (χ0n) is 13.4. The molecular weight excluding hydrogens is 288 g/mol. The van der Waals surface area contributed by atoms with Crippen molar-refractivity contribution in [1.82, 2.24) is 15.3 Å². The number of nitrogens with one attached hydrogen (secondary N) is 1. The lowest BCUT2D eigenvalue weighted by atomic mass is 9.95. The van der Waals surface area contributed by atoms with E-state index in [1.54, 1.807) is 12.4 Å². The van der Waals surface area contributed by atoms with E-state index in [-0.39, 0.29) is 17.9 Å². The predicted molar refractivity (Wildman–Crippen MR) is 90.0 cm³/mol. The number of rotatable bonds is 4. The average Bonchev–Trinajstić information content (AvgIpc) is 2.63. The van der Waals surface area contributed by atoms with Gasteiger partial charge in [0.05, 0.1) is 6.04 Å². The SMILES string of the molecule is C[C@H](NC(=O)C1CCN(c2ncccn2)CC1)c1ccccc1. The molecule has 5 heteroatoms. The van der Waals surface area contributed by atoms with E-state index in [2.05, 4.69) is 20.2 Å². The molecule has 0 aliphatic carbocycles. The van der Waals surface area contributed by atoms with Crippen LogP contribution < -0.4 is 10.2 Å². The molecule has 0 radical (unpaired) electrons. The first-order valence-electron chi connectivity index (χ1n) is 8.11. The second kappa shape index (κ2) is 7.22. The van der Waals surface area contributed by atoms with Gasteiger partial charge in [0.2, 0.25) is 11.9 Å². The summed E-state index contributed by atoms with van der Waals surface area (Å²) < 4.78 is 0. The summed E-state index contributed by atoms with van der Waals surface area (Å²) in [6, 6.07) is 11.9. The summed E-state index contributed by atoms with van der Waals surface area (Å²) in [7, 11) is 0. The van der Waals surface area contributed by atoms with Gasteiger partial charge in [0.1, 0.15) is 0 Å². The number of hydrogen-bond donors (Lipinski definition) is 1. The first-order chi connectivity index (χ1) is 11.2. The van der Waals surface area contributed by atoms with Gasteiger partial charge in [-0.2, -0.15) is 0 Å². The summed E-state index contributed by atoms with van der Waals surface area (Å²) in [6.07, 6.45) is 5.18. The minimum absolute atomic E-state index is 0.0409. The maximum absolute atomic E-state index is 12.5. The molecule has 0 bridgehead atoms. The van der Waals surface area contributed by atoms with Crippen LogP contribution in [0, 0.1) is 5.92 Å². The molecule has 1 aliphatic rings. The fraction of sp³-hybridized carbons (Fsp3) is 0.389. The van der Waals surface area contributed by atoms with E-state index in [1.807, 2.05) is 43.3 Å². The molecule has 0 spiro atoms.